The molecule has 6 heteroatoms. The third-order valence-electron chi connectivity index (χ3n) is 2.54. The molecule has 0 unspecified atom stereocenters. The van der Waals surface area contributed by atoms with Crippen LogP contribution in [0.4, 0.5) is 0 Å². The van der Waals surface area contributed by atoms with E-state index in [1.165, 1.54) is 0 Å². The number of rotatable bonds is 5. The van der Waals surface area contributed by atoms with Gasteiger partial charge in [-0.2, -0.15) is 0 Å². The van der Waals surface area contributed by atoms with Crippen LogP contribution in [0.3, 0.4) is 0 Å². The summed E-state index contributed by atoms with van der Waals surface area (Å²) in [4.78, 5) is 24.0. The van der Waals surface area contributed by atoms with Crippen molar-refractivity contribution in [1.29, 1.82) is 0 Å². The largest absolute Gasteiger partial charge is 0.480 e. The van der Waals surface area contributed by atoms with Crippen molar-refractivity contribution in [2.75, 3.05) is 26.2 Å². The van der Waals surface area contributed by atoms with Gasteiger partial charge >= 0.3 is 5.97 Å². The van der Waals surface area contributed by atoms with Gasteiger partial charge in [0.25, 0.3) is 0 Å². The van der Waals surface area contributed by atoms with Gasteiger partial charge in [0.15, 0.2) is 0 Å². The highest BCUT2D eigenvalue weighted by Gasteiger charge is 2.40. The number of hydrogen-bond donors (Lipinski definition) is 2. The number of amides is 1. The minimum atomic E-state index is -0.972. The molecule has 0 saturated carbocycles. The molecule has 0 atom stereocenters. The van der Waals surface area contributed by atoms with Gasteiger partial charge in [-0.1, -0.05) is 0 Å². The van der Waals surface area contributed by atoms with Gasteiger partial charge in [-0.15, -0.1) is 0 Å². The molecule has 0 spiro atoms. The Morgan fingerprint density at radius 2 is 1.94 bits per heavy atom. The molecular weight excluding hydrogens is 236 g/mol. The van der Waals surface area contributed by atoms with Crippen LogP contribution in [-0.4, -0.2) is 59.3 Å². The van der Waals surface area contributed by atoms with Crippen LogP contribution >= 0.6 is 0 Å². The number of carbonyl (C=O) groups is 2. The second-order valence-electron chi connectivity index (χ2n) is 6.08. The Morgan fingerprint density at radius 1 is 1.39 bits per heavy atom. The minimum Gasteiger partial charge on any atom is -0.480 e. The predicted octanol–water partition coefficient (Wildman–Crippen LogP) is 0.0766. The van der Waals surface area contributed by atoms with Crippen molar-refractivity contribution in [2.24, 2.45) is 0 Å². The third-order valence-corrected chi connectivity index (χ3v) is 2.54. The van der Waals surface area contributed by atoms with Crippen molar-refractivity contribution in [3.8, 4) is 0 Å². The van der Waals surface area contributed by atoms with Crippen molar-refractivity contribution >= 4 is 11.9 Å². The lowest BCUT2D eigenvalue weighted by atomic mass is 9.96. The monoisotopic (exact) mass is 258 g/mol. The molecule has 0 bridgehead atoms. The van der Waals surface area contributed by atoms with Crippen LogP contribution < -0.4 is 5.32 Å². The Balaban J connectivity index is 2.26. The maximum absolute atomic E-state index is 11.7. The van der Waals surface area contributed by atoms with Crippen LogP contribution in [0.5, 0.6) is 0 Å². The summed E-state index contributed by atoms with van der Waals surface area (Å²) in [5.74, 6) is -0.997. The van der Waals surface area contributed by atoms with Crippen LogP contribution in [0.15, 0.2) is 0 Å². The van der Waals surface area contributed by atoms with Gasteiger partial charge in [-0.3, -0.25) is 9.69 Å². The number of carboxylic acids is 1. The van der Waals surface area contributed by atoms with Gasteiger partial charge in [-0.25, -0.2) is 4.79 Å². The molecule has 0 radical (unpaired) electrons. The average Bonchev–Trinajstić information content (AvgIpc) is 2.09. The first kappa shape index (κ1) is 14.9. The van der Waals surface area contributed by atoms with E-state index in [1.54, 1.807) is 0 Å². The second-order valence-corrected chi connectivity index (χ2v) is 6.08. The number of likely N-dealkylation sites (tertiary alicyclic amines) is 1. The van der Waals surface area contributed by atoms with Crippen molar-refractivity contribution < 1.29 is 19.4 Å². The van der Waals surface area contributed by atoms with Crippen LogP contribution in [-0.2, 0) is 14.3 Å². The Hall–Kier alpha value is -1.14. The number of carboxylic acid groups (broad SMARTS) is 1. The van der Waals surface area contributed by atoms with Crippen molar-refractivity contribution in [2.45, 2.75) is 38.8 Å². The Bertz CT molecular complexity index is 329. The topological polar surface area (TPSA) is 78.9 Å². The number of nitrogens with zero attached hydrogens (tertiary/aromatic N) is 1. The number of nitrogens with one attached hydrogen (secondary N) is 1. The highest BCUT2D eigenvalue weighted by atomic mass is 16.5. The fourth-order valence-corrected chi connectivity index (χ4v) is 2.00. The molecule has 104 valence electrons. The molecule has 0 aromatic heterocycles. The van der Waals surface area contributed by atoms with E-state index < -0.39 is 11.6 Å². The van der Waals surface area contributed by atoms with Gasteiger partial charge in [-0.05, 0) is 27.7 Å². The minimum absolute atomic E-state index is 0.0252. The maximum Gasteiger partial charge on any atom is 0.329 e. The SMILES string of the molecule is CC(C)(C)NC(=O)CN1CC(C)(OCC(=O)O)C1. The summed E-state index contributed by atoms with van der Waals surface area (Å²) in [6.07, 6.45) is 0. The number of aliphatic carboxylic acids is 1. The lowest BCUT2D eigenvalue weighted by Crippen LogP contribution is -2.63. The summed E-state index contributed by atoms with van der Waals surface area (Å²) in [5.41, 5.74) is -0.675. The molecule has 0 aromatic carbocycles. The van der Waals surface area contributed by atoms with Crippen LogP contribution in [0, 0.1) is 0 Å². The fraction of sp³-hybridized carbons (Fsp3) is 0.833. The first-order chi connectivity index (χ1) is 8.10. The highest BCUT2D eigenvalue weighted by Crippen LogP contribution is 2.24. The Morgan fingerprint density at radius 3 is 2.39 bits per heavy atom. The average molecular weight is 258 g/mol. The van der Waals surface area contributed by atoms with Crippen LogP contribution in [0.1, 0.15) is 27.7 Å². The van der Waals surface area contributed by atoms with Crippen molar-refractivity contribution in [1.82, 2.24) is 10.2 Å². The molecule has 0 aromatic rings. The smallest absolute Gasteiger partial charge is 0.329 e. The van der Waals surface area contributed by atoms with Gasteiger partial charge in [0.05, 0.1) is 12.1 Å². The summed E-state index contributed by atoms with van der Waals surface area (Å²) in [7, 11) is 0. The number of ether oxygens (including phenoxy) is 1. The van der Waals surface area contributed by atoms with E-state index in [9.17, 15) is 9.59 Å². The van der Waals surface area contributed by atoms with Crippen LogP contribution in [0.25, 0.3) is 0 Å². The third kappa shape index (κ3) is 5.01. The first-order valence-electron chi connectivity index (χ1n) is 5.99. The number of carbonyl (C=O) groups excluding carboxylic acids is 1. The van der Waals surface area contributed by atoms with Crippen LogP contribution in [0.2, 0.25) is 0 Å². The quantitative estimate of drug-likeness (QED) is 0.730. The molecule has 18 heavy (non-hydrogen) atoms. The summed E-state index contributed by atoms with van der Waals surface area (Å²) in [6.45, 7) is 8.84. The van der Waals surface area contributed by atoms with Gasteiger partial charge in [0.1, 0.15) is 6.61 Å². The molecule has 1 aliphatic heterocycles. The summed E-state index contributed by atoms with van der Waals surface area (Å²) < 4.78 is 5.27. The molecule has 0 aliphatic carbocycles. The Kier molecular flexibility index (Phi) is 4.34. The van der Waals surface area contributed by atoms with Gasteiger partial charge < -0.3 is 15.2 Å². The Labute approximate surface area is 107 Å². The summed E-state index contributed by atoms with van der Waals surface area (Å²) >= 11 is 0. The summed E-state index contributed by atoms with van der Waals surface area (Å²) in [5, 5.41) is 11.4. The van der Waals surface area contributed by atoms with Crippen molar-refractivity contribution in [3.05, 3.63) is 0 Å². The standard InChI is InChI=1S/C12H22N2O4/c1-11(2,3)13-9(15)5-14-7-12(4,8-14)18-6-10(16)17/h5-8H2,1-4H3,(H,13,15)(H,16,17). The molecule has 1 rings (SSSR count). The van der Waals surface area contributed by atoms with E-state index >= 15 is 0 Å². The molecule has 2 N–H and O–H groups in total. The van der Waals surface area contributed by atoms with E-state index in [1.807, 2.05) is 32.6 Å². The predicted molar refractivity (Wildman–Crippen MR) is 66.3 cm³/mol. The van der Waals surface area contributed by atoms with E-state index in [0.29, 0.717) is 19.6 Å². The van der Waals surface area contributed by atoms with E-state index in [-0.39, 0.29) is 18.1 Å². The fourth-order valence-electron chi connectivity index (χ4n) is 2.00. The molecule has 1 aliphatic rings. The molecular formula is C12H22N2O4. The van der Waals surface area contributed by atoms with Crippen molar-refractivity contribution in [3.63, 3.8) is 0 Å². The van der Waals surface area contributed by atoms with Gasteiger partial charge in [0.2, 0.25) is 5.91 Å². The molecule has 1 heterocycles. The zero-order chi connectivity index (χ0) is 14.0. The first-order valence-corrected chi connectivity index (χ1v) is 5.99. The molecule has 1 fully saturated rings. The van der Waals surface area contributed by atoms with E-state index in [0.717, 1.165) is 0 Å². The maximum atomic E-state index is 11.7. The molecule has 1 saturated heterocycles. The lowest BCUT2D eigenvalue weighted by Gasteiger charge is -2.47. The molecule has 6 nitrogen and oxygen atoms in total. The summed E-state index contributed by atoms with van der Waals surface area (Å²) in [6, 6.07) is 0. The zero-order valence-electron chi connectivity index (χ0n) is 11.4. The lowest BCUT2D eigenvalue weighted by molar-refractivity contribution is -0.166. The highest BCUT2D eigenvalue weighted by molar-refractivity contribution is 5.78. The number of hydrogen-bond acceptors (Lipinski definition) is 4. The normalized spacial score (nSPS) is 19.1. The second kappa shape index (κ2) is 5.24. The van der Waals surface area contributed by atoms with Gasteiger partial charge in [0, 0.05) is 18.6 Å². The van der Waals surface area contributed by atoms with E-state index in [2.05, 4.69) is 5.32 Å². The van der Waals surface area contributed by atoms with E-state index in [4.69, 9.17) is 9.84 Å². The molecule has 1 amide bonds. The zero-order valence-corrected chi connectivity index (χ0v) is 11.4.